The minimum absolute atomic E-state index is 0.00999. The molecule has 1 N–H and O–H groups in total. The molecule has 2 aromatic rings. The van der Waals surface area contributed by atoms with E-state index in [1.54, 1.807) is 19.2 Å². The Morgan fingerprint density at radius 2 is 1.92 bits per heavy atom. The number of carbonyl (C=O) groups is 1. The van der Waals surface area contributed by atoms with E-state index in [9.17, 15) is 4.79 Å². The minimum atomic E-state index is -0.00999. The normalized spacial score (nSPS) is 18.1. The topological polar surface area (TPSA) is 41.6 Å². The van der Waals surface area contributed by atoms with Crippen LogP contribution in [0.3, 0.4) is 0 Å². The summed E-state index contributed by atoms with van der Waals surface area (Å²) in [4.78, 5) is 14.8. The summed E-state index contributed by atoms with van der Waals surface area (Å²) < 4.78 is 5.13. The highest BCUT2D eigenvalue weighted by Gasteiger charge is 2.21. The average molecular weight is 324 g/mol. The van der Waals surface area contributed by atoms with Gasteiger partial charge in [0.1, 0.15) is 5.75 Å². The van der Waals surface area contributed by atoms with Crippen molar-refractivity contribution in [3.8, 4) is 5.75 Å². The highest BCUT2D eigenvalue weighted by atomic mass is 16.5. The number of methoxy groups -OCH3 is 1. The Morgan fingerprint density at radius 3 is 2.62 bits per heavy atom. The van der Waals surface area contributed by atoms with Crippen LogP contribution in [0.2, 0.25) is 0 Å². The van der Waals surface area contributed by atoms with Gasteiger partial charge < -0.3 is 10.1 Å². The van der Waals surface area contributed by atoms with E-state index in [2.05, 4.69) is 34.5 Å². The fourth-order valence-electron chi connectivity index (χ4n) is 3.17. The number of benzene rings is 2. The number of piperidine rings is 1. The molecule has 0 unspecified atom stereocenters. The third-order valence-corrected chi connectivity index (χ3v) is 4.44. The molecule has 0 aliphatic carbocycles. The van der Waals surface area contributed by atoms with Gasteiger partial charge in [0.15, 0.2) is 0 Å². The molecular weight excluding hydrogens is 300 g/mol. The SMILES string of the molecule is COc1ccc(C(=O)N[C@H]2CCCN(Cc3ccccc3)C2)cc1. The molecule has 1 saturated heterocycles. The van der Waals surface area contributed by atoms with Crippen molar-refractivity contribution < 1.29 is 9.53 Å². The first-order valence-corrected chi connectivity index (χ1v) is 8.46. The molecule has 126 valence electrons. The molecule has 0 spiro atoms. The largest absolute Gasteiger partial charge is 0.497 e. The van der Waals surface area contributed by atoms with Crippen LogP contribution >= 0.6 is 0 Å². The van der Waals surface area contributed by atoms with Gasteiger partial charge in [-0.1, -0.05) is 30.3 Å². The van der Waals surface area contributed by atoms with Crippen LogP contribution in [-0.2, 0) is 6.54 Å². The summed E-state index contributed by atoms with van der Waals surface area (Å²) in [6.07, 6.45) is 2.15. The quantitative estimate of drug-likeness (QED) is 0.919. The summed E-state index contributed by atoms with van der Waals surface area (Å²) in [5.74, 6) is 0.752. The van der Waals surface area contributed by atoms with Crippen molar-refractivity contribution in [1.29, 1.82) is 0 Å². The lowest BCUT2D eigenvalue weighted by Gasteiger charge is -2.33. The standard InChI is InChI=1S/C20H24N2O2/c1-24-19-11-9-17(10-12-19)20(23)21-18-8-5-13-22(15-18)14-16-6-3-2-4-7-16/h2-4,6-7,9-12,18H,5,8,13-15H2,1H3,(H,21,23)/t18-/m0/s1. The highest BCUT2D eigenvalue weighted by Crippen LogP contribution is 2.15. The number of nitrogens with one attached hydrogen (secondary N) is 1. The maximum Gasteiger partial charge on any atom is 0.251 e. The van der Waals surface area contributed by atoms with Crippen LogP contribution in [0.15, 0.2) is 54.6 Å². The fourth-order valence-corrected chi connectivity index (χ4v) is 3.17. The van der Waals surface area contributed by atoms with E-state index in [4.69, 9.17) is 4.74 Å². The smallest absolute Gasteiger partial charge is 0.251 e. The van der Waals surface area contributed by atoms with Crippen molar-refractivity contribution in [2.24, 2.45) is 0 Å². The number of carbonyl (C=O) groups excluding carboxylic acids is 1. The summed E-state index contributed by atoms with van der Waals surface area (Å²) in [6, 6.07) is 17.9. The fraction of sp³-hybridized carbons (Fsp3) is 0.350. The third-order valence-electron chi connectivity index (χ3n) is 4.44. The molecule has 1 fully saturated rings. The lowest BCUT2D eigenvalue weighted by molar-refractivity contribution is 0.0901. The molecule has 4 nitrogen and oxygen atoms in total. The van der Waals surface area contributed by atoms with Gasteiger partial charge >= 0.3 is 0 Å². The van der Waals surface area contributed by atoms with Gasteiger partial charge in [-0.05, 0) is 49.2 Å². The maximum atomic E-state index is 12.4. The van der Waals surface area contributed by atoms with E-state index in [1.165, 1.54) is 5.56 Å². The van der Waals surface area contributed by atoms with Crippen molar-refractivity contribution in [3.63, 3.8) is 0 Å². The number of likely N-dealkylation sites (tertiary alicyclic amines) is 1. The Morgan fingerprint density at radius 1 is 1.17 bits per heavy atom. The number of rotatable bonds is 5. The summed E-state index contributed by atoms with van der Waals surface area (Å²) in [5.41, 5.74) is 2.00. The van der Waals surface area contributed by atoms with Crippen molar-refractivity contribution in [2.75, 3.05) is 20.2 Å². The predicted molar refractivity (Wildman–Crippen MR) is 95.2 cm³/mol. The van der Waals surface area contributed by atoms with Gasteiger partial charge in [0.2, 0.25) is 0 Å². The molecule has 1 heterocycles. The Bertz CT molecular complexity index is 655. The molecular formula is C20H24N2O2. The summed E-state index contributed by atoms with van der Waals surface area (Å²) in [6.45, 7) is 2.93. The lowest BCUT2D eigenvalue weighted by Crippen LogP contribution is -2.47. The van der Waals surface area contributed by atoms with Crippen LogP contribution in [0.5, 0.6) is 5.75 Å². The number of hydrogen-bond acceptors (Lipinski definition) is 3. The van der Waals surface area contributed by atoms with E-state index in [1.807, 2.05) is 18.2 Å². The van der Waals surface area contributed by atoms with Crippen LogP contribution in [0.4, 0.5) is 0 Å². The van der Waals surface area contributed by atoms with Gasteiger partial charge in [-0.15, -0.1) is 0 Å². The molecule has 0 radical (unpaired) electrons. The maximum absolute atomic E-state index is 12.4. The molecule has 24 heavy (non-hydrogen) atoms. The Hall–Kier alpha value is -2.33. The number of nitrogens with zero attached hydrogens (tertiary/aromatic N) is 1. The zero-order valence-corrected chi connectivity index (χ0v) is 14.1. The lowest BCUT2D eigenvalue weighted by atomic mass is 10.0. The van der Waals surface area contributed by atoms with Crippen LogP contribution in [0.1, 0.15) is 28.8 Å². The average Bonchev–Trinajstić information content (AvgIpc) is 2.63. The number of amides is 1. The molecule has 3 rings (SSSR count). The van der Waals surface area contributed by atoms with Gasteiger partial charge in [0.05, 0.1) is 7.11 Å². The highest BCUT2D eigenvalue weighted by molar-refractivity contribution is 5.94. The van der Waals surface area contributed by atoms with E-state index >= 15 is 0 Å². The van der Waals surface area contributed by atoms with E-state index < -0.39 is 0 Å². The van der Waals surface area contributed by atoms with Gasteiger partial charge in [-0.3, -0.25) is 9.69 Å². The van der Waals surface area contributed by atoms with Crippen molar-refractivity contribution in [3.05, 3.63) is 65.7 Å². The Labute approximate surface area is 143 Å². The second-order valence-corrected chi connectivity index (χ2v) is 6.26. The summed E-state index contributed by atoms with van der Waals surface area (Å²) in [7, 11) is 1.62. The van der Waals surface area contributed by atoms with Crippen LogP contribution in [0, 0.1) is 0 Å². The Kier molecular flexibility index (Phi) is 5.49. The van der Waals surface area contributed by atoms with Gasteiger partial charge in [0, 0.05) is 24.7 Å². The number of ether oxygens (including phenoxy) is 1. The zero-order valence-electron chi connectivity index (χ0n) is 14.1. The molecule has 0 bridgehead atoms. The van der Waals surface area contributed by atoms with Crippen LogP contribution < -0.4 is 10.1 Å². The van der Waals surface area contributed by atoms with E-state index in [0.717, 1.165) is 38.2 Å². The number of hydrogen-bond donors (Lipinski definition) is 1. The molecule has 4 heteroatoms. The molecule has 2 aromatic carbocycles. The van der Waals surface area contributed by atoms with Gasteiger partial charge in [-0.25, -0.2) is 0 Å². The zero-order chi connectivity index (χ0) is 16.8. The first-order chi connectivity index (χ1) is 11.7. The molecule has 0 aromatic heterocycles. The van der Waals surface area contributed by atoms with E-state index in [-0.39, 0.29) is 11.9 Å². The third kappa shape index (κ3) is 4.36. The van der Waals surface area contributed by atoms with Crippen molar-refractivity contribution in [1.82, 2.24) is 10.2 Å². The predicted octanol–water partition coefficient (Wildman–Crippen LogP) is 3.09. The second kappa shape index (κ2) is 7.97. The van der Waals surface area contributed by atoms with Gasteiger partial charge in [-0.2, -0.15) is 0 Å². The van der Waals surface area contributed by atoms with Crippen LogP contribution in [-0.4, -0.2) is 37.0 Å². The molecule has 1 aliphatic heterocycles. The molecule has 1 aliphatic rings. The van der Waals surface area contributed by atoms with Crippen molar-refractivity contribution in [2.45, 2.75) is 25.4 Å². The monoisotopic (exact) mass is 324 g/mol. The van der Waals surface area contributed by atoms with Crippen molar-refractivity contribution >= 4 is 5.91 Å². The Balaban J connectivity index is 1.55. The van der Waals surface area contributed by atoms with Gasteiger partial charge in [0.25, 0.3) is 5.91 Å². The first kappa shape index (κ1) is 16.5. The molecule has 1 amide bonds. The minimum Gasteiger partial charge on any atom is -0.497 e. The summed E-state index contributed by atoms with van der Waals surface area (Å²) >= 11 is 0. The van der Waals surface area contributed by atoms with E-state index in [0.29, 0.717) is 5.56 Å². The second-order valence-electron chi connectivity index (χ2n) is 6.26. The first-order valence-electron chi connectivity index (χ1n) is 8.46. The molecule has 1 atom stereocenters. The summed E-state index contributed by atoms with van der Waals surface area (Å²) in [5, 5.41) is 3.17. The molecule has 0 saturated carbocycles. The van der Waals surface area contributed by atoms with Crippen LogP contribution in [0.25, 0.3) is 0 Å².